The molecule has 4 nitrogen and oxygen atoms in total. The van der Waals surface area contributed by atoms with Crippen LogP contribution in [0.3, 0.4) is 0 Å². The van der Waals surface area contributed by atoms with Crippen LogP contribution in [0.15, 0.2) is 54.7 Å². The highest BCUT2D eigenvalue weighted by atomic mass is 35.5. The van der Waals surface area contributed by atoms with Crippen molar-refractivity contribution >= 4 is 28.6 Å². The average Bonchev–Trinajstić information content (AvgIpc) is 3.07. The maximum atomic E-state index is 11.6. The van der Waals surface area contributed by atoms with E-state index in [-0.39, 0.29) is 6.61 Å². The van der Waals surface area contributed by atoms with E-state index < -0.39 is 6.09 Å². The minimum atomic E-state index is -0.447. The number of nitrogens with one attached hydrogen (secondary N) is 2. The summed E-state index contributed by atoms with van der Waals surface area (Å²) in [5.41, 5.74) is 2.71. The summed E-state index contributed by atoms with van der Waals surface area (Å²) < 4.78 is 5.13. The number of ether oxygens (including phenoxy) is 1. The van der Waals surface area contributed by atoms with E-state index in [1.165, 1.54) is 0 Å². The molecule has 0 bridgehead atoms. The van der Waals surface area contributed by atoms with E-state index in [1.54, 1.807) is 0 Å². The van der Waals surface area contributed by atoms with Crippen molar-refractivity contribution in [3.63, 3.8) is 0 Å². The van der Waals surface area contributed by atoms with Crippen LogP contribution < -0.4 is 5.32 Å². The molecule has 0 saturated carbocycles. The average molecular weight is 353 g/mol. The maximum Gasteiger partial charge on any atom is 0.407 e. The first-order valence-electron chi connectivity index (χ1n) is 7.92. The number of aromatic nitrogens is 1. The molecule has 0 aliphatic carbocycles. The van der Waals surface area contributed by atoms with Crippen LogP contribution in [-0.4, -0.2) is 17.6 Å². The molecule has 3 rings (SSSR count). The molecule has 1 heterocycles. The molecule has 0 aliphatic rings. The van der Waals surface area contributed by atoms with Gasteiger partial charge in [0.05, 0.1) is 5.02 Å². The van der Waals surface area contributed by atoms with Gasteiger partial charge >= 0.3 is 6.09 Å². The van der Waals surface area contributed by atoms with Crippen molar-refractivity contribution in [1.82, 2.24) is 10.3 Å². The number of rotatable bonds is 4. The van der Waals surface area contributed by atoms with Crippen LogP contribution in [-0.2, 0) is 11.3 Å². The largest absolute Gasteiger partial charge is 0.445 e. The molecule has 0 saturated heterocycles. The van der Waals surface area contributed by atoms with Crippen molar-refractivity contribution in [3.8, 4) is 11.8 Å². The van der Waals surface area contributed by atoms with Crippen molar-refractivity contribution in [2.45, 2.75) is 13.0 Å². The number of hydrogen-bond donors (Lipinski definition) is 2. The Hall–Kier alpha value is -2.90. The Labute approximate surface area is 151 Å². The topological polar surface area (TPSA) is 54.1 Å². The minimum absolute atomic E-state index is 0.255. The highest BCUT2D eigenvalue weighted by Gasteiger charge is 2.02. The zero-order chi connectivity index (χ0) is 17.5. The number of aromatic amines is 1. The number of amides is 1. The molecule has 0 fully saturated rings. The van der Waals surface area contributed by atoms with Crippen LogP contribution in [0, 0.1) is 11.8 Å². The van der Waals surface area contributed by atoms with E-state index in [2.05, 4.69) is 22.1 Å². The van der Waals surface area contributed by atoms with Crippen LogP contribution >= 0.6 is 11.6 Å². The molecule has 1 aromatic heterocycles. The van der Waals surface area contributed by atoms with Gasteiger partial charge in [0.25, 0.3) is 0 Å². The third-order valence-electron chi connectivity index (χ3n) is 3.60. The predicted octanol–water partition coefficient (Wildman–Crippen LogP) is 4.49. The molecule has 1 amide bonds. The fourth-order valence-corrected chi connectivity index (χ4v) is 2.54. The molecule has 126 valence electrons. The van der Waals surface area contributed by atoms with Crippen LogP contribution in [0.2, 0.25) is 5.02 Å². The van der Waals surface area contributed by atoms with Gasteiger partial charge in [0.1, 0.15) is 6.61 Å². The summed E-state index contributed by atoms with van der Waals surface area (Å²) in [6.45, 7) is 0.676. The molecule has 0 unspecified atom stereocenters. The molecule has 0 spiro atoms. The lowest BCUT2D eigenvalue weighted by Gasteiger charge is -2.05. The molecular weight excluding hydrogens is 336 g/mol. The number of H-pyrrole nitrogens is 1. The van der Waals surface area contributed by atoms with Gasteiger partial charge in [-0.05, 0) is 23.8 Å². The summed E-state index contributed by atoms with van der Waals surface area (Å²) in [6.07, 6.45) is 1.93. The number of halogens is 1. The predicted molar refractivity (Wildman–Crippen MR) is 99.4 cm³/mol. The number of fused-ring (bicyclic) bond motifs is 1. The first-order valence-corrected chi connectivity index (χ1v) is 8.30. The van der Waals surface area contributed by atoms with Crippen molar-refractivity contribution in [1.29, 1.82) is 0 Å². The molecule has 2 N–H and O–H groups in total. The zero-order valence-corrected chi connectivity index (χ0v) is 14.3. The van der Waals surface area contributed by atoms with Crippen molar-refractivity contribution in [2.24, 2.45) is 0 Å². The molecule has 2 aromatic carbocycles. The van der Waals surface area contributed by atoms with Crippen LogP contribution in [0.5, 0.6) is 0 Å². The molecule has 3 aromatic rings. The van der Waals surface area contributed by atoms with Crippen LogP contribution in [0.25, 0.3) is 10.9 Å². The molecular formula is C20H17ClN2O2. The summed E-state index contributed by atoms with van der Waals surface area (Å²) in [6, 6.07) is 15.3. The van der Waals surface area contributed by atoms with Gasteiger partial charge in [-0.3, -0.25) is 0 Å². The van der Waals surface area contributed by atoms with Gasteiger partial charge in [0, 0.05) is 35.6 Å². The Morgan fingerprint density at radius 2 is 2.04 bits per heavy atom. The Kier molecular flexibility index (Phi) is 5.61. The number of benzene rings is 2. The normalized spacial score (nSPS) is 10.1. The molecule has 0 atom stereocenters. The number of hydrogen-bond acceptors (Lipinski definition) is 2. The third-order valence-corrected chi connectivity index (χ3v) is 3.91. The SMILES string of the molecule is O=C(NCCC#Cc1cc2cc[nH]c2cc1Cl)OCc1ccccc1. The van der Waals surface area contributed by atoms with E-state index >= 15 is 0 Å². The number of carbonyl (C=O) groups excluding carboxylic acids is 1. The molecule has 5 heteroatoms. The second-order valence-corrected chi connectivity index (χ2v) is 5.84. The van der Waals surface area contributed by atoms with Gasteiger partial charge in [-0.25, -0.2) is 4.79 Å². The van der Waals surface area contributed by atoms with Gasteiger partial charge < -0.3 is 15.0 Å². The van der Waals surface area contributed by atoms with E-state index in [0.29, 0.717) is 18.0 Å². The minimum Gasteiger partial charge on any atom is -0.445 e. The lowest BCUT2D eigenvalue weighted by Crippen LogP contribution is -2.24. The summed E-state index contributed by atoms with van der Waals surface area (Å²) in [5, 5.41) is 4.35. The van der Waals surface area contributed by atoms with Gasteiger partial charge in [-0.1, -0.05) is 53.8 Å². The first kappa shape index (κ1) is 16.9. The fourth-order valence-electron chi connectivity index (χ4n) is 2.33. The van der Waals surface area contributed by atoms with Crippen molar-refractivity contribution in [2.75, 3.05) is 6.54 Å². The van der Waals surface area contributed by atoms with Gasteiger partial charge in [-0.2, -0.15) is 0 Å². The van der Waals surface area contributed by atoms with Gasteiger partial charge in [-0.15, -0.1) is 0 Å². The third kappa shape index (κ3) is 4.79. The van der Waals surface area contributed by atoms with E-state index in [9.17, 15) is 4.79 Å². The second kappa shape index (κ2) is 8.27. The van der Waals surface area contributed by atoms with Crippen molar-refractivity contribution in [3.05, 3.63) is 70.9 Å². The highest BCUT2D eigenvalue weighted by Crippen LogP contribution is 2.22. The quantitative estimate of drug-likeness (QED) is 0.537. The Morgan fingerprint density at radius 1 is 1.20 bits per heavy atom. The summed E-state index contributed by atoms with van der Waals surface area (Å²) >= 11 is 6.21. The van der Waals surface area contributed by atoms with E-state index in [1.807, 2.05) is 54.7 Å². The Morgan fingerprint density at radius 3 is 2.88 bits per heavy atom. The zero-order valence-electron chi connectivity index (χ0n) is 13.5. The lowest BCUT2D eigenvalue weighted by molar-refractivity contribution is 0.140. The summed E-state index contributed by atoms with van der Waals surface area (Å²) in [4.78, 5) is 14.7. The highest BCUT2D eigenvalue weighted by molar-refractivity contribution is 6.32. The molecule has 25 heavy (non-hydrogen) atoms. The molecule has 0 aliphatic heterocycles. The monoisotopic (exact) mass is 352 g/mol. The summed E-state index contributed by atoms with van der Waals surface area (Å²) in [5.74, 6) is 6.05. The van der Waals surface area contributed by atoms with Crippen LogP contribution in [0.4, 0.5) is 4.79 Å². The summed E-state index contributed by atoms with van der Waals surface area (Å²) in [7, 11) is 0. The molecule has 0 radical (unpaired) electrons. The van der Waals surface area contributed by atoms with Gasteiger partial charge in [0.15, 0.2) is 0 Å². The smallest absolute Gasteiger partial charge is 0.407 e. The van der Waals surface area contributed by atoms with Crippen LogP contribution in [0.1, 0.15) is 17.5 Å². The Bertz CT molecular complexity index is 923. The van der Waals surface area contributed by atoms with Crippen molar-refractivity contribution < 1.29 is 9.53 Å². The number of alkyl carbamates (subject to hydrolysis) is 1. The lowest BCUT2D eigenvalue weighted by atomic mass is 10.1. The Balaban J connectivity index is 1.44. The second-order valence-electron chi connectivity index (χ2n) is 5.44. The van der Waals surface area contributed by atoms with Gasteiger partial charge in [0.2, 0.25) is 0 Å². The maximum absolute atomic E-state index is 11.6. The fraction of sp³-hybridized carbons (Fsp3) is 0.150. The number of carbonyl (C=O) groups is 1. The standard InChI is InChI=1S/C20H17ClN2O2/c21-18-13-19-17(9-11-22-19)12-16(18)8-4-5-10-23-20(24)25-14-15-6-2-1-3-7-15/h1-3,6-7,9,11-13,22H,5,10,14H2,(H,23,24). The van der Waals surface area contributed by atoms with E-state index in [4.69, 9.17) is 16.3 Å². The first-order chi connectivity index (χ1) is 12.2. The van der Waals surface area contributed by atoms with E-state index in [0.717, 1.165) is 22.0 Å².